The van der Waals surface area contributed by atoms with E-state index < -0.39 is 23.7 Å². The molecule has 0 atom stereocenters. The first-order chi connectivity index (χ1) is 19.2. The summed E-state index contributed by atoms with van der Waals surface area (Å²) in [5, 5.41) is 5.59. The van der Waals surface area contributed by atoms with Gasteiger partial charge in [-0.15, -0.1) is 0 Å². The Hall–Kier alpha value is -4.34. The molecule has 4 rings (SSSR count). The Balaban J connectivity index is 1.46. The molecule has 1 heterocycles. The van der Waals surface area contributed by atoms with Crippen LogP contribution < -0.4 is 20.3 Å². The molecule has 0 radical (unpaired) electrons. The van der Waals surface area contributed by atoms with Crippen molar-refractivity contribution in [3.05, 3.63) is 93.6 Å². The van der Waals surface area contributed by atoms with Crippen molar-refractivity contribution in [3.8, 4) is 5.75 Å². The van der Waals surface area contributed by atoms with Gasteiger partial charge >= 0.3 is 5.97 Å². The molecule has 3 aromatic carbocycles. The lowest BCUT2D eigenvalue weighted by molar-refractivity contribution is -0.120. The summed E-state index contributed by atoms with van der Waals surface area (Å²) in [5.74, 6) is -2.05. The van der Waals surface area contributed by atoms with Crippen LogP contribution in [0.15, 0.2) is 77.5 Å². The molecule has 0 aliphatic carbocycles. The topological polar surface area (TPSA) is 114 Å². The average molecular weight is 582 g/mol. The molecule has 3 amide bonds. The number of amides is 3. The first kappa shape index (κ1) is 28.7. The number of unbranched alkanes of at least 4 members (excludes halogenated alkanes) is 1. The second-order valence-corrected chi connectivity index (χ2v) is 9.49. The second-order valence-electron chi connectivity index (χ2n) is 8.68. The summed E-state index contributed by atoms with van der Waals surface area (Å²) < 4.78 is 10.5. The van der Waals surface area contributed by atoms with Crippen molar-refractivity contribution >= 4 is 64.0 Å². The van der Waals surface area contributed by atoms with Crippen molar-refractivity contribution in [1.29, 1.82) is 0 Å². The minimum atomic E-state index is -0.749. The number of ether oxygens (including phenoxy) is 2. The summed E-state index contributed by atoms with van der Waals surface area (Å²) in [6.07, 6.45) is 1.71. The van der Waals surface area contributed by atoms with Gasteiger partial charge in [0, 0.05) is 22.0 Å². The van der Waals surface area contributed by atoms with E-state index in [1.54, 1.807) is 48.5 Å². The number of halogens is 2. The van der Waals surface area contributed by atoms with E-state index >= 15 is 0 Å². The molecule has 40 heavy (non-hydrogen) atoms. The van der Waals surface area contributed by atoms with Crippen LogP contribution in [0.3, 0.4) is 0 Å². The minimum Gasteiger partial charge on any atom is -0.495 e. The van der Waals surface area contributed by atoms with Gasteiger partial charge < -0.3 is 20.1 Å². The van der Waals surface area contributed by atoms with E-state index in [-0.39, 0.29) is 27.7 Å². The standard InChI is InChI=1S/C29H25Cl2N3O6/c1-3-4-14-40-29(38)17-8-11-20(12-9-17)33-26(35)18-6-5-7-21(15-18)32-25-24(31)27(36)34(28(25)37)22-16-19(30)10-13-23(22)39-2/h5-13,15-16,32H,3-4,14H2,1-2H3,(H,33,35). The number of nitrogens with one attached hydrogen (secondary N) is 2. The van der Waals surface area contributed by atoms with Crippen LogP contribution in [-0.4, -0.2) is 37.4 Å². The number of carbonyl (C=O) groups is 4. The number of benzene rings is 3. The molecule has 0 spiro atoms. The zero-order valence-electron chi connectivity index (χ0n) is 21.6. The number of rotatable bonds is 10. The van der Waals surface area contributed by atoms with Gasteiger partial charge in [0.15, 0.2) is 0 Å². The number of hydrogen-bond donors (Lipinski definition) is 2. The van der Waals surface area contributed by atoms with E-state index in [2.05, 4.69) is 10.6 Å². The van der Waals surface area contributed by atoms with Crippen molar-refractivity contribution in [2.75, 3.05) is 29.3 Å². The smallest absolute Gasteiger partial charge is 0.338 e. The first-order valence-electron chi connectivity index (χ1n) is 12.3. The Morgan fingerprint density at radius 1 is 0.900 bits per heavy atom. The molecule has 1 aliphatic heterocycles. The number of anilines is 3. The predicted molar refractivity (Wildman–Crippen MR) is 153 cm³/mol. The number of nitrogens with zero attached hydrogens (tertiary/aromatic N) is 1. The summed E-state index contributed by atoms with van der Waals surface area (Å²) in [6.45, 7) is 2.36. The van der Waals surface area contributed by atoms with Gasteiger partial charge in [-0.05, 0) is 67.1 Å². The third kappa shape index (κ3) is 6.27. The molecule has 3 aromatic rings. The zero-order valence-corrected chi connectivity index (χ0v) is 23.1. The van der Waals surface area contributed by atoms with Crippen molar-refractivity contribution in [2.24, 2.45) is 0 Å². The van der Waals surface area contributed by atoms with Crippen LogP contribution >= 0.6 is 23.2 Å². The van der Waals surface area contributed by atoms with Crippen molar-refractivity contribution in [2.45, 2.75) is 19.8 Å². The van der Waals surface area contributed by atoms with Gasteiger partial charge in [-0.3, -0.25) is 14.4 Å². The Kier molecular flexibility index (Phi) is 9.08. The molecular formula is C29H25Cl2N3O6. The molecule has 206 valence electrons. The van der Waals surface area contributed by atoms with Crippen LogP contribution in [0.5, 0.6) is 5.75 Å². The maximum absolute atomic E-state index is 13.2. The van der Waals surface area contributed by atoms with Crippen LogP contribution in [0.4, 0.5) is 17.1 Å². The number of esters is 1. The Bertz CT molecular complexity index is 1500. The van der Waals surface area contributed by atoms with E-state index in [1.165, 1.54) is 25.3 Å². The van der Waals surface area contributed by atoms with E-state index in [0.29, 0.717) is 28.6 Å². The zero-order chi connectivity index (χ0) is 28.8. The predicted octanol–water partition coefficient (Wildman–Crippen LogP) is 5.99. The highest BCUT2D eigenvalue weighted by molar-refractivity contribution is 6.53. The summed E-state index contributed by atoms with van der Waals surface area (Å²) in [6, 6.07) is 17.2. The number of imide groups is 1. The fraction of sp³-hybridized carbons (Fsp3) is 0.172. The third-order valence-electron chi connectivity index (χ3n) is 5.91. The minimum absolute atomic E-state index is 0.147. The molecule has 0 saturated heterocycles. The highest BCUT2D eigenvalue weighted by atomic mass is 35.5. The molecule has 0 saturated carbocycles. The quantitative estimate of drug-likeness (QED) is 0.171. The molecule has 0 fully saturated rings. The number of hydrogen-bond acceptors (Lipinski definition) is 7. The molecular weight excluding hydrogens is 557 g/mol. The Morgan fingerprint density at radius 2 is 1.65 bits per heavy atom. The van der Waals surface area contributed by atoms with Crippen LogP contribution in [-0.2, 0) is 14.3 Å². The van der Waals surface area contributed by atoms with Gasteiger partial charge in [0.1, 0.15) is 16.5 Å². The normalized spacial score (nSPS) is 12.9. The Morgan fingerprint density at radius 3 is 2.35 bits per heavy atom. The Labute approximate surface area is 240 Å². The summed E-state index contributed by atoms with van der Waals surface area (Å²) in [4.78, 5) is 51.9. The van der Waals surface area contributed by atoms with E-state index in [9.17, 15) is 19.2 Å². The van der Waals surface area contributed by atoms with E-state index in [4.69, 9.17) is 32.7 Å². The molecule has 0 aromatic heterocycles. The van der Waals surface area contributed by atoms with Gasteiger partial charge in [0.2, 0.25) is 0 Å². The van der Waals surface area contributed by atoms with Crippen LogP contribution in [0.1, 0.15) is 40.5 Å². The summed E-state index contributed by atoms with van der Waals surface area (Å²) in [5.41, 5.74) is 1.47. The fourth-order valence-electron chi connectivity index (χ4n) is 3.84. The van der Waals surface area contributed by atoms with Gasteiger partial charge in [0.25, 0.3) is 17.7 Å². The third-order valence-corrected chi connectivity index (χ3v) is 6.50. The molecule has 0 unspecified atom stereocenters. The largest absolute Gasteiger partial charge is 0.495 e. The monoisotopic (exact) mass is 581 g/mol. The molecule has 1 aliphatic rings. The lowest BCUT2D eigenvalue weighted by Gasteiger charge is -2.18. The number of carbonyl (C=O) groups excluding carboxylic acids is 4. The summed E-state index contributed by atoms with van der Waals surface area (Å²) in [7, 11) is 1.40. The molecule has 2 N–H and O–H groups in total. The van der Waals surface area contributed by atoms with Crippen molar-refractivity contribution in [3.63, 3.8) is 0 Å². The van der Waals surface area contributed by atoms with Crippen LogP contribution in [0, 0.1) is 0 Å². The number of methoxy groups -OCH3 is 1. The van der Waals surface area contributed by atoms with Gasteiger partial charge in [0.05, 0.1) is 25.0 Å². The van der Waals surface area contributed by atoms with Crippen molar-refractivity contribution < 1.29 is 28.7 Å². The van der Waals surface area contributed by atoms with Crippen molar-refractivity contribution in [1.82, 2.24) is 0 Å². The average Bonchev–Trinajstić information content (AvgIpc) is 3.16. The summed E-state index contributed by atoms with van der Waals surface area (Å²) >= 11 is 12.3. The first-order valence-corrected chi connectivity index (χ1v) is 13.1. The van der Waals surface area contributed by atoms with E-state index in [1.807, 2.05) is 6.92 Å². The van der Waals surface area contributed by atoms with Gasteiger partial charge in [-0.2, -0.15) is 0 Å². The lowest BCUT2D eigenvalue weighted by Crippen LogP contribution is -2.32. The fourth-order valence-corrected chi connectivity index (χ4v) is 4.21. The maximum atomic E-state index is 13.2. The van der Waals surface area contributed by atoms with Crippen LogP contribution in [0.2, 0.25) is 5.02 Å². The van der Waals surface area contributed by atoms with Gasteiger partial charge in [-0.1, -0.05) is 42.6 Å². The lowest BCUT2D eigenvalue weighted by atomic mass is 10.1. The van der Waals surface area contributed by atoms with Crippen LogP contribution in [0.25, 0.3) is 0 Å². The van der Waals surface area contributed by atoms with E-state index in [0.717, 1.165) is 17.7 Å². The molecule has 9 nitrogen and oxygen atoms in total. The highest BCUT2D eigenvalue weighted by Gasteiger charge is 2.40. The van der Waals surface area contributed by atoms with Gasteiger partial charge in [-0.25, -0.2) is 9.69 Å². The maximum Gasteiger partial charge on any atom is 0.338 e. The highest BCUT2D eigenvalue weighted by Crippen LogP contribution is 2.37. The molecule has 0 bridgehead atoms. The second kappa shape index (κ2) is 12.7. The molecule has 11 heteroatoms. The SMILES string of the molecule is CCCCOC(=O)c1ccc(NC(=O)c2cccc(NC3=C(Cl)C(=O)N(c4cc(Cl)ccc4OC)C3=O)c2)cc1.